The van der Waals surface area contributed by atoms with Crippen LogP contribution in [0, 0.1) is 0 Å². The Morgan fingerprint density at radius 3 is 1.73 bits per heavy atom. The SMILES string of the molecule is C=C.CC.CC.CC.O=C(C1=CC=CCC=C1)P(=O)(C(=O)c1ccccc1)c1ccccc1. The minimum atomic E-state index is -3.99. The number of carbonyl (C=O) groups is 2. The van der Waals surface area contributed by atoms with Crippen molar-refractivity contribution < 1.29 is 14.2 Å². The molecule has 4 heteroatoms. The maximum absolute atomic E-state index is 13.8. The molecule has 2 aromatic rings. The fraction of sp³-hybridized carbons (Fsp3) is 0.241. The van der Waals surface area contributed by atoms with Crippen molar-refractivity contribution in [2.45, 2.75) is 48.0 Å². The Hall–Kier alpha value is -3.03. The Bertz CT molecular complexity index is 939. The Balaban J connectivity index is 0. The van der Waals surface area contributed by atoms with Crippen LogP contribution >= 0.6 is 7.14 Å². The molecule has 1 unspecified atom stereocenters. The van der Waals surface area contributed by atoms with E-state index in [1.54, 1.807) is 78.9 Å². The van der Waals surface area contributed by atoms with E-state index in [1.165, 1.54) is 0 Å². The average molecular weight is 467 g/mol. The summed E-state index contributed by atoms with van der Waals surface area (Å²) in [6.07, 6.45) is 9.39. The predicted octanol–water partition coefficient (Wildman–Crippen LogP) is 8.37. The lowest BCUT2D eigenvalue weighted by Crippen LogP contribution is -2.21. The van der Waals surface area contributed by atoms with Gasteiger partial charge in [0.15, 0.2) is 0 Å². The van der Waals surface area contributed by atoms with Crippen LogP contribution in [0.3, 0.4) is 0 Å². The summed E-state index contributed by atoms with van der Waals surface area (Å²) >= 11 is 0. The Morgan fingerprint density at radius 2 is 1.21 bits per heavy atom. The van der Waals surface area contributed by atoms with E-state index >= 15 is 0 Å². The van der Waals surface area contributed by atoms with E-state index in [0.717, 1.165) is 0 Å². The lowest BCUT2D eigenvalue weighted by molar-refractivity contribution is -0.108. The molecule has 0 radical (unpaired) electrons. The van der Waals surface area contributed by atoms with Crippen molar-refractivity contribution in [1.29, 1.82) is 0 Å². The fourth-order valence-corrected chi connectivity index (χ4v) is 4.90. The maximum Gasteiger partial charge on any atom is 0.248 e. The van der Waals surface area contributed by atoms with Crippen LogP contribution in [0.4, 0.5) is 0 Å². The summed E-state index contributed by atoms with van der Waals surface area (Å²) in [6.45, 7) is 18.0. The van der Waals surface area contributed by atoms with Gasteiger partial charge in [0.2, 0.25) is 18.2 Å². The first-order valence-corrected chi connectivity index (χ1v) is 13.2. The number of hydrogen-bond acceptors (Lipinski definition) is 3. The molecule has 0 N–H and O–H groups in total. The highest BCUT2D eigenvalue weighted by atomic mass is 31.2. The molecule has 0 aromatic heterocycles. The molecule has 0 aliphatic heterocycles. The lowest BCUT2D eigenvalue weighted by atomic mass is 10.2. The Labute approximate surface area is 201 Å². The maximum atomic E-state index is 13.8. The van der Waals surface area contributed by atoms with E-state index in [0.29, 0.717) is 6.42 Å². The van der Waals surface area contributed by atoms with Crippen LogP contribution in [0.2, 0.25) is 0 Å². The summed E-state index contributed by atoms with van der Waals surface area (Å²) in [5.74, 6) is 0. The molecule has 1 aliphatic carbocycles. The molecule has 0 amide bonds. The molecule has 1 aliphatic rings. The van der Waals surface area contributed by atoms with Crippen LogP contribution in [-0.4, -0.2) is 11.0 Å². The standard InChI is InChI=1S/C21H17O3P.3C2H6.C2H4/c22-20(17-11-5-1-2-6-12-17)25(24,19-15-9-4-10-16-19)21(23)18-13-7-3-8-14-18;4*1-2/h1,3-16H,2H2;3*1-2H3;1-2H2. The zero-order valence-corrected chi connectivity index (χ0v) is 21.8. The third-order valence-corrected chi connectivity index (χ3v) is 6.63. The van der Waals surface area contributed by atoms with Gasteiger partial charge in [0.05, 0.1) is 0 Å². The van der Waals surface area contributed by atoms with Gasteiger partial charge in [-0.25, -0.2) is 0 Å². The molecule has 0 spiro atoms. The Morgan fingerprint density at radius 1 is 0.727 bits per heavy atom. The van der Waals surface area contributed by atoms with E-state index in [-0.39, 0.29) is 16.4 Å². The van der Waals surface area contributed by atoms with Gasteiger partial charge < -0.3 is 4.57 Å². The van der Waals surface area contributed by atoms with E-state index in [1.807, 2.05) is 53.7 Å². The minimum Gasteiger partial charge on any atom is -0.302 e. The van der Waals surface area contributed by atoms with E-state index in [4.69, 9.17) is 0 Å². The van der Waals surface area contributed by atoms with E-state index in [9.17, 15) is 14.2 Å². The van der Waals surface area contributed by atoms with Gasteiger partial charge in [0, 0.05) is 16.4 Å². The molecule has 178 valence electrons. The quantitative estimate of drug-likeness (QED) is 0.328. The first-order valence-electron chi connectivity index (χ1n) is 11.5. The van der Waals surface area contributed by atoms with Gasteiger partial charge in [-0.05, 0) is 6.42 Å². The molecular weight excluding hydrogens is 427 g/mol. The van der Waals surface area contributed by atoms with Crippen LogP contribution in [0.25, 0.3) is 0 Å². The normalized spacial score (nSPS) is 12.6. The van der Waals surface area contributed by atoms with Gasteiger partial charge in [0.1, 0.15) is 0 Å². The van der Waals surface area contributed by atoms with Crippen molar-refractivity contribution in [2.24, 2.45) is 0 Å². The largest absolute Gasteiger partial charge is 0.302 e. The summed E-state index contributed by atoms with van der Waals surface area (Å²) in [7, 11) is -3.99. The van der Waals surface area contributed by atoms with Gasteiger partial charge in [-0.1, -0.05) is 133 Å². The number of allylic oxidation sites excluding steroid dienone is 6. The smallest absolute Gasteiger partial charge is 0.248 e. The minimum absolute atomic E-state index is 0.261. The molecule has 0 fully saturated rings. The van der Waals surface area contributed by atoms with E-state index < -0.39 is 18.2 Å². The van der Waals surface area contributed by atoms with Gasteiger partial charge in [0.25, 0.3) is 0 Å². The molecule has 0 bridgehead atoms. The van der Waals surface area contributed by atoms with Crippen molar-refractivity contribution >= 4 is 23.5 Å². The monoisotopic (exact) mass is 466 g/mol. The molecule has 0 saturated heterocycles. The summed E-state index contributed by atoms with van der Waals surface area (Å²) in [5.41, 5.74) is -0.704. The van der Waals surface area contributed by atoms with Crippen molar-refractivity contribution in [3.63, 3.8) is 0 Å². The lowest BCUT2D eigenvalue weighted by Gasteiger charge is -2.17. The first-order chi connectivity index (χ1) is 16.1. The number of carbonyl (C=O) groups excluding carboxylic acids is 2. The third kappa shape index (κ3) is 9.16. The molecule has 0 saturated carbocycles. The first kappa shape index (κ1) is 32.2. The summed E-state index contributed by atoms with van der Waals surface area (Å²) in [6, 6.07) is 16.6. The van der Waals surface area contributed by atoms with Crippen molar-refractivity contribution in [3.8, 4) is 0 Å². The molecule has 3 nitrogen and oxygen atoms in total. The highest BCUT2D eigenvalue weighted by Gasteiger charge is 2.42. The van der Waals surface area contributed by atoms with Crippen LogP contribution in [0.15, 0.2) is 110 Å². The number of hydrogen-bond donors (Lipinski definition) is 0. The highest BCUT2D eigenvalue weighted by Crippen LogP contribution is 2.51. The summed E-state index contributed by atoms with van der Waals surface area (Å²) < 4.78 is 13.8. The zero-order valence-electron chi connectivity index (χ0n) is 21.0. The molecule has 3 rings (SSSR count). The van der Waals surface area contributed by atoms with Crippen LogP contribution < -0.4 is 5.30 Å². The second kappa shape index (κ2) is 19.6. The summed E-state index contributed by atoms with van der Waals surface area (Å²) in [5, 5.41) is 0.261. The van der Waals surface area contributed by atoms with E-state index in [2.05, 4.69) is 13.2 Å². The van der Waals surface area contributed by atoms with Gasteiger partial charge in [-0.15, -0.1) is 13.2 Å². The van der Waals surface area contributed by atoms with Crippen LogP contribution in [0.1, 0.15) is 58.3 Å². The molecule has 2 aromatic carbocycles. The summed E-state index contributed by atoms with van der Waals surface area (Å²) in [4.78, 5) is 26.2. The van der Waals surface area contributed by atoms with Crippen molar-refractivity contribution in [3.05, 3.63) is 115 Å². The predicted molar refractivity (Wildman–Crippen MR) is 146 cm³/mol. The van der Waals surface area contributed by atoms with Gasteiger partial charge in [-0.3, -0.25) is 9.59 Å². The third-order valence-electron chi connectivity index (χ3n) is 3.94. The molecule has 0 heterocycles. The number of benzene rings is 2. The topological polar surface area (TPSA) is 51.2 Å². The van der Waals surface area contributed by atoms with Crippen LogP contribution in [0.5, 0.6) is 0 Å². The second-order valence-corrected chi connectivity index (χ2v) is 8.16. The average Bonchev–Trinajstić information content (AvgIpc) is 3.22. The molecule has 33 heavy (non-hydrogen) atoms. The van der Waals surface area contributed by atoms with Crippen molar-refractivity contribution in [2.75, 3.05) is 0 Å². The van der Waals surface area contributed by atoms with Crippen molar-refractivity contribution in [1.82, 2.24) is 0 Å². The highest BCUT2D eigenvalue weighted by molar-refractivity contribution is 8.01. The van der Waals surface area contributed by atoms with Gasteiger partial charge >= 0.3 is 0 Å². The second-order valence-electron chi connectivity index (χ2n) is 5.61. The van der Waals surface area contributed by atoms with Crippen LogP contribution in [-0.2, 0) is 9.36 Å². The molecule has 1 atom stereocenters. The zero-order chi connectivity index (χ0) is 25.7. The molecular formula is C29H39O3P. The van der Waals surface area contributed by atoms with Gasteiger partial charge in [-0.2, -0.15) is 0 Å². The Kier molecular flexibility index (Phi) is 19.1. The fourth-order valence-electron chi connectivity index (χ4n) is 2.63. The number of rotatable bonds is 5.